The molecule has 0 aromatic heterocycles. The second-order valence-electron chi connectivity index (χ2n) is 8.15. The summed E-state index contributed by atoms with van der Waals surface area (Å²) in [6.45, 7) is 3.88. The van der Waals surface area contributed by atoms with Crippen molar-refractivity contribution >= 4 is 11.9 Å². The van der Waals surface area contributed by atoms with Crippen LogP contribution in [-0.4, -0.2) is 34.9 Å². The van der Waals surface area contributed by atoms with Gasteiger partial charge < -0.3 is 14.6 Å². The highest BCUT2D eigenvalue weighted by Gasteiger charge is 2.58. The maximum absolute atomic E-state index is 12.7. The molecule has 2 aromatic rings. The summed E-state index contributed by atoms with van der Waals surface area (Å²) in [7, 11) is 0. The fourth-order valence-corrected chi connectivity index (χ4v) is 4.85. The maximum atomic E-state index is 12.7. The van der Waals surface area contributed by atoms with Crippen molar-refractivity contribution in [2.45, 2.75) is 43.5 Å². The molecule has 1 aliphatic heterocycles. The SMILES string of the molecule is C=C[C@@](O)(CCc1ccccc1)[C@@H]1[C@H]2CC(=O)O[C@H]2C[C@H]1OC(=O)c1ccccc1. The number of aryl methyl sites for hydroxylation is 1. The Labute approximate surface area is 176 Å². The van der Waals surface area contributed by atoms with Crippen LogP contribution in [0.4, 0.5) is 0 Å². The van der Waals surface area contributed by atoms with Crippen LogP contribution < -0.4 is 0 Å². The van der Waals surface area contributed by atoms with Crippen molar-refractivity contribution in [2.24, 2.45) is 11.8 Å². The molecule has 5 heteroatoms. The Morgan fingerprint density at radius 3 is 2.50 bits per heavy atom. The first-order chi connectivity index (χ1) is 14.5. The highest BCUT2D eigenvalue weighted by Crippen LogP contribution is 2.49. The lowest BCUT2D eigenvalue weighted by molar-refractivity contribution is -0.142. The van der Waals surface area contributed by atoms with E-state index in [0.717, 1.165) is 5.56 Å². The molecule has 2 aromatic carbocycles. The van der Waals surface area contributed by atoms with Crippen LogP contribution in [-0.2, 0) is 20.7 Å². The van der Waals surface area contributed by atoms with Gasteiger partial charge in [0.05, 0.1) is 17.6 Å². The molecule has 1 heterocycles. The normalized spacial score (nSPS) is 27.0. The monoisotopic (exact) mass is 406 g/mol. The van der Waals surface area contributed by atoms with Crippen LogP contribution >= 0.6 is 0 Å². The number of esters is 2. The summed E-state index contributed by atoms with van der Waals surface area (Å²) >= 11 is 0. The number of carbonyl (C=O) groups is 2. The Hall–Kier alpha value is -2.92. The second-order valence-corrected chi connectivity index (χ2v) is 8.15. The summed E-state index contributed by atoms with van der Waals surface area (Å²) < 4.78 is 11.3. The average molecular weight is 406 g/mol. The molecule has 0 spiro atoms. The molecular formula is C25H26O5. The first kappa shape index (κ1) is 20.4. The van der Waals surface area contributed by atoms with E-state index >= 15 is 0 Å². The van der Waals surface area contributed by atoms with Crippen LogP contribution in [0, 0.1) is 11.8 Å². The van der Waals surface area contributed by atoms with Gasteiger partial charge in [0.2, 0.25) is 0 Å². The third-order valence-electron chi connectivity index (χ3n) is 6.34. The Kier molecular flexibility index (Phi) is 5.73. The van der Waals surface area contributed by atoms with E-state index in [0.29, 0.717) is 24.8 Å². The Morgan fingerprint density at radius 1 is 1.17 bits per heavy atom. The standard InChI is InChI=1S/C25H26O5/c1-2-25(28,14-13-17-9-5-3-6-10-17)23-19-15-22(26)29-20(19)16-21(23)30-24(27)18-11-7-4-8-12-18/h2-12,19-21,23,28H,1,13-16H2/t19-,20-,21+,23+,25+/m0/s1. The lowest BCUT2D eigenvalue weighted by Crippen LogP contribution is -2.45. The minimum absolute atomic E-state index is 0.204. The largest absolute Gasteiger partial charge is 0.462 e. The van der Waals surface area contributed by atoms with Crippen LogP contribution in [0.25, 0.3) is 0 Å². The van der Waals surface area contributed by atoms with Gasteiger partial charge in [0.1, 0.15) is 12.2 Å². The zero-order valence-corrected chi connectivity index (χ0v) is 16.8. The van der Waals surface area contributed by atoms with Crippen LogP contribution in [0.5, 0.6) is 0 Å². The third kappa shape index (κ3) is 4.03. The van der Waals surface area contributed by atoms with Gasteiger partial charge >= 0.3 is 11.9 Å². The number of fused-ring (bicyclic) bond motifs is 1. The Morgan fingerprint density at radius 2 is 1.83 bits per heavy atom. The molecule has 1 aliphatic carbocycles. The number of benzene rings is 2. The molecule has 2 fully saturated rings. The zero-order chi connectivity index (χ0) is 21.1. The minimum Gasteiger partial charge on any atom is -0.462 e. The minimum atomic E-state index is -1.29. The molecule has 2 aliphatic rings. The number of ether oxygens (including phenoxy) is 2. The van der Waals surface area contributed by atoms with E-state index in [1.54, 1.807) is 24.3 Å². The molecular weight excluding hydrogens is 380 g/mol. The average Bonchev–Trinajstić information content (AvgIpc) is 3.28. The predicted molar refractivity (Wildman–Crippen MR) is 112 cm³/mol. The summed E-state index contributed by atoms with van der Waals surface area (Å²) in [6.07, 6.45) is 2.30. The number of hydrogen-bond donors (Lipinski definition) is 1. The predicted octanol–water partition coefficient (Wildman–Crippen LogP) is 3.71. The van der Waals surface area contributed by atoms with Gasteiger partial charge in [0, 0.05) is 18.3 Å². The van der Waals surface area contributed by atoms with Gasteiger partial charge in [-0.1, -0.05) is 54.6 Å². The van der Waals surface area contributed by atoms with Crippen molar-refractivity contribution in [1.29, 1.82) is 0 Å². The third-order valence-corrected chi connectivity index (χ3v) is 6.34. The van der Waals surface area contributed by atoms with Crippen molar-refractivity contribution in [3.63, 3.8) is 0 Å². The van der Waals surface area contributed by atoms with E-state index in [1.807, 2.05) is 36.4 Å². The first-order valence-corrected chi connectivity index (χ1v) is 10.4. The number of carbonyl (C=O) groups excluding carboxylic acids is 2. The summed E-state index contributed by atoms with van der Waals surface area (Å²) in [4.78, 5) is 24.6. The van der Waals surface area contributed by atoms with Gasteiger partial charge in [-0.15, -0.1) is 6.58 Å². The number of hydrogen-bond acceptors (Lipinski definition) is 5. The van der Waals surface area contributed by atoms with Crippen molar-refractivity contribution in [3.05, 3.63) is 84.4 Å². The number of rotatable bonds is 7. The molecule has 5 atom stereocenters. The molecule has 0 bridgehead atoms. The molecule has 4 rings (SSSR count). The smallest absolute Gasteiger partial charge is 0.338 e. The molecule has 30 heavy (non-hydrogen) atoms. The summed E-state index contributed by atoms with van der Waals surface area (Å²) in [5.74, 6) is -1.36. The van der Waals surface area contributed by atoms with E-state index in [4.69, 9.17) is 9.47 Å². The molecule has 156 valence electrons. The topological polar surface area (TPSA) is 72.8 Å². The Balaban J connectivity index is 1.57. The van der Waals surface area contributed by atoms with Crippen molar-refractivity contribution in [3.8, 4) is 0 Å². The van der Waals surface area contributed by atoms with E-state index in [-0.39, 0.29) is 24.4 Å². The molecule has 5 nitrogen and oxygen atoms in total. The van der Waals surface area contributed by atoms with Crippen molar-refractivity contribution in [2.75, 3.05) is 0 Å². The first-order valence-electron chi connectivity index (χ1n) is 10.4. The number of aliphatic hydroxyl groups is 1. The van der Waals surface area contributed by atoms with E-state index in [1.165, 1.54) is 6.08 Å². The fourth-order valence-electron chi connectivity index (χ4n) is 4.85. The molecule has 1 N–H and O–H groups in total. The summed E-state index contributed by atoms with van der Waals surface area (Å²) in [5.41, 5.74) is 0.269. The highest BCUT2D eigenvalue weighted by atomic mass is 16.6. The van der Waals surface area contributed by atoms with E-state index in [9.17, 15) is 14.7 Å². The van der Waals surface area contributed by atoms with E-state index in [2.05, 4.69) is 6.58 Å². The lowest BCUT2D eigenvalue weighted by atomic mass is 9.75. The van der Waals surface area contributed by atoms with Crippen LogP contribution in [0.2, 0.25) is 0 Å². The fraction of sp³-hybridized carbons (Fsp3) is 0.360. The van der Waals surface area contributed by atoms with Crippen LogP contribution in [0.15, 0.2) is 73.3 Å². The summed E-state index contributed by atoms with van der Waals surface area (Å²) in [5, 5.41) is 11.6. The highest BCUT2D eigenvalue weighted by molar-refractivity contribution is 5.89. The van der Waals surface area contributed by atoms with E-state index < -0.39 is 23.6 Å². The van der Waals surface area contributed by atoms with Gasteiger partial charge in [-0.25, -0.2) is 4.79 Å². The van der Waals surface area contributed by atoms with Gasteiger partial charge in [0.15, 0.2) is 0 Å². The van der Waals surface area contributed by atoms with Crippen molar-refractivity contribution < 1.29 is 24.2 Å². The molecule has 1 saturated heterocycles. The zero-order valence-electron chi connectivity index (χ0n) is 16.8. The lowest BCUT2D eigenvalue weighted by Gasteiger charge is -2.37. The van der Waals surface area contributed by atoms with Gasteiger partial charge in [0.25, 0.3) is 0 Å². The summed E-state index contributed by atoms with van der Waals surface area (Å²) in [6, 6.07) is 18.7. The molecule has 0 amide bonds. The van der Waals surface area contributed by atoms with Gasteiger partial charge in [-0.2, -0.15) is 0 Å². The van der Waals surface area contributed by atoms with Crippen molar-refractivity contribution in [1.82, 2.24) is 0 Å². The van der Waals surface area contributed by atoms with Gasteiger partial charge in [-0.05, 0) is 30.5 Å². The Bertz CT molecular complexity index is 910. The molecule has 0 radical (unpaired) electrons. The quantitative estimate of drug-likeness (QED) is 0.561. The molecule has 1 saturated carbocycles. The van der Waals surface area contributed by atoms with Crippen LogP contribution in [0.3, 0.4) is 0 Å². The van der Waals surface area contributed by atoms with Gasteiger partial charge in [-0.3, -0.25) is 4.79 Å². The maximum Gasteiger partial charge on any atom is 0.338 e. The van der Waals surface area contributed by atoms with Crippen LogP contribution in [0.1, 0.15) is 35.2 Å². The second kappa shape index (κ2) is 8.44. The molecule has 0 unspecified atom stereocenters.